The monoisotopic (exact) mass is 592 g/mol. The molecule has 0 aliphatic heterocycles. The normalized spacial score (nSPS) is 12.7. The van der Waals surface area contributed by atoms with Crippen molar-refractivity contribution in [3.8, 4) is 17.2 Å². The molecular weight excluding hydrogens is 563 g/mol. The zero-order valence-electron chi connectivity index (χ0n) is 21.7. The summed E-state index contributed by atoms with van der Waals surface area (Å²) in [4.78, 5) is 0. The summed E-state index contributed by atoms with van der Waals surface area (Å²) in [7, 11) is -1.59. The van der Waals surface area contributed by atoms with Crippen molar-refractivity contribution < 1.29 is 39.9 Å². The molecule has 5 nitrogen and oxygen atoms in total. The van der Waals surface area contributed by atoms with E-state index < -0.39 is 8.60 Å². The van der Waals surface area contributed by atoms with E-state index in [4.69, 9.17) is 22.9 Å². The maximum Gasteiger partial charge on any atom is 0.530 e. The van der Waals surface area contributed by atoms with Gasteiger partial charge >= 0.3 is 31.2 Å². The Morgan fingerprint density at radius 1 is 0.550 bits per heavy atom. The van der Waals surface area contributed by atoms with Crippen LogP contribution >= 0.6 is 8.60 Å². The summed E-state index contributed by atoms with van der Waals surface area (Å²) >= 11 is 0. The predicted molar refractivity (Wildman–Crippen MR) is 153 cm³/mol. The van der Waals surface area contributed by atoms with E-state index in [1.165, 1.54) is 18.4 Å². The number of hydrogen-bond acceptors (Lipinski definition) is 3. The Kier molecular flexibility index (Phi) is 18.9. The molecule has 0 N–H and O–H groups in total. The van der Waals surface area contributed by atoms with E-state index >= 15 is 0 Å². The van der Waals surface area contributed by atoms with Crippen molar-refractivity contribution in [2.75, 3.05) is 0 Å². The molecule has 40 heavy (non-hydrogen) atoms. The predicted octanol–water partition coefficient (Wildman–Crippen LogP) is 9.05. The zero-order valence-corrected chi connectivity index (χ0v) is 23.7. The van der Waals surface area contributed by atoms with Gasteiger partial charge in [-0.05, 0) is 54.8 Å². The van der Waals surface area contributed by atoms with Gasteiger partial charge in [0.05, 0.1) is 0 Å². The van der Waals surface area contributed by atoms with Crippen molar-refractivity contribution in [2.45, 2.75) is 18.8 Å². The molecule has 204 valence electrons. The van der Waals surface area contributed by atoms with Crippen molar-refractivity contribution in [2.24, 2.45) is 0 Å². The average Bonchev–Trinajstić information content (AvgIpc) is 3.32. The minimum atomic E-state index is -1.59. The van der Waals surface area contributed by atoms with Crippen molar-refractivity contribution in [3.05, 3.63) is 164 Å². The summed E-state index contributed by atoms with van der Waals surface area (Å²) < 4.78 is 32.5. The molecule has 0 saturated carbocycles. The minimum Gasteiger partial charge on any atom is -0.409 e. The Labute approximate surface area is 248 Å². The molecule has 0 spiro atoms. The van der Waals surface area contributed by atoms with E-state index in [9.17, 15) is 0 Å². The van der Waals surface area contributed by atoms with Gasteiger partial charge in [0.25, 0.3) is 0 Å². The summed E-state index contributed by atoms with van der Waals surface area (Å²) in [6, 6.07) is 39.2. The van der Waals surface area contributed by atoms with Gasteiger partial charge in [0.15, 0.2) is 0 Å². The van der Waals surface area contributed by atoms with E-state index in [2.05, 4.69) is 67.9 Å². The second-order valence-corrected chi connectivity index (χ2v) is 8.84. The summed E-state index contributed by atoms with van der Waals surface area (Å²) in [5, 5.41) is 0. The smallest absolute Gasteiger partial charge is 0.409 e. The van der Waals surface area contributed by atoms with E-state index in [0.29, 0.717) is 23.2 Å². The van der Waals surface area contributed by atoms with Gasteiger partial charge in [-0.15, -0.1) is 0 Å². The molecule has 0 bridgehead atoms. The first kappa shape index (κ1) is 34.2. The first-order valence-electron chi connectivity index (χ1n) is 12.1. The molecule has 0 fully saturated rings. The Hall–Kier alpha value is -3.81. The average molecular weight is 592 g/mol. The molecule has 0 unspecified atom stereocenters. The molecule has 0 heterocycles. The van der Waals surface area contributed by atoms with Crippen LogP contribution in [0.3, 0.4) is 0 Å². The van der Waals surface area contributed by atoms with Gasteiger partial charge in [-0.25, -0.2) is 0 Å². The van der Waals surface area contributed by atoms with Crippen LogP contribution in [0.5, 0.6) is 17.2 Å². The van der Waals surface area contributed by atoms with E-state index in [0.717, 1.165) is 0 Å². The number of allylic oxidation sites excluding steroid dienone is 4. The van der Waals surface area contributed by atoms with Crippen LogP contribution in [0.1, 0.15) is 24.3 Å². The number of rotatable bonds is 7. The van der Waals surface area contributed by atoms with Gasteiger partial charge in [0.1, 0.15) is 17.2 Å². The molecule has 1 aliphatic rings. The second-order valence-electron chi connectivity index (χ2n) is 7.84. The molecule has 0 radical (unpaired) electrons. The van der Waals surface area contributed by atoms with E-state index in [1.54, 1.807) is 0 Å². The summed E-state index contributed by atoms with van der Waals surface area (Å²) in [5.74, 6) is 2.73. The quantitative estimate of drug-likeness (QED) is 0.0931. The number of benzene rings is 4. The van der Waals surface area contributed by atoms with Crippen LogP contribution in [0.25, 0.3) is 0 Å². The topological polar surface area (TPSA) is 67.5 Å². The first-order valence-corrected chi connectivity index (χ1v) is 13.2. The Morgan fingerprint density at radius 2 is 0.925 bits per heavy atom. The molecule has 0 saturated heterocycles. The molecule has 4 aromatic carbocycles. The van der Waals surface area contributed by atoms with Gasteiger partial charge < -0.3 is 13.6 Å². The zero-order chi connectivity index (χ0) is 28.0. The molecule has 5 rings (SSSR count). The largest absolute Gasteiger partial charge is 0.530 e. The van der Waals surface area contributed by atoms with Gasteiger partial charge in [0, 0.05) is 23.0 Å². The van der Waals surface area contributed by atoms with Gasteiger partial charge in [-0.3, -0.25) is 0 Å². The SMILES string of the molecule is C1=CCC[C@@H](c2ccccc2)C=C1.[C-]#[O+].[C-]#[O+].[Fe].c1ccc(OP(Oc2ccccc2)Oc2ccccc2)cc1. The van der Waals surface area contributed by atoms with Crippen molar-refractivity contribution in [1.82, 2.24) is 0 Å². The fourth-order valence-electron chi connectivity index (χ4n) is 3.48. The van der Waals surface area contributed by atoms with Crippen LogP contribution in [-0.2, 0) is 26.4 Å². The summed E-state index contributed by atoms with van der Waals surface area (Å²) in [6.45, 7) is 9.00. The number of para-hydroxylation sites is 3. The second kappa shape index (κ2) is 22.1. The third-order valence-electron chi connectivity index (χ3n) is 5.23. The Bertz CT molecular complexity index is 1160. The third kappa shape index (κ3) is 13.3. The molecule has 0 aromatic heterocycles. The molecule has 1 aliphatic carbocycles. The van der Waals surface area contributed by atoms with Crippen molar-refractivity contribution in [1.29, 1.82) is 0 Å². The molecule has 1 atom stereocenters. The van der Waals surface area contributed by atoms with Gasteiger partial charge in [-0.2, -0.15) is 0 Å². The summed E-state index contributed by atoms with van der Waals surface area (Å²) in [5.41, 5.74) is 1.43. The van der Waals surface area contributed by atoms with Crippen molar-refractivity contribution in [3.63, 3.8) is 0 Å². The van der Waals surface area contributed by atoms with Crippen LogP contribution in [0, 0.1) is 13.3 Å². The van der Waals surface area contributed by atoms with Crippen LogP contribution in [0.15, 0.2) is 146 Å². The Balaban J connectivity index is 0.000000381. The molecular formula is C33H29FeO5P. The maximum atomic E-state index is 7.50. The third-order valence-corrected chi connectivity index (χ3v) is 6.31. The van der Waals surface area contributed by atoms with E-state index in [-0.39, 0.29) is 17.1 Å². The van der Waals surface area contributed by atoms with Crippen molar-refractivity contribution >= 4 is 8.60 Å². The fourth-order valence-corrected chi connectivity index (χ4v) is 4.47. The first-order chi connectivity index (χ1) is 19.4. The molecule has 0 amide bonds. The van der Waals surface area contributed by atoms with Crippen LogP contribution < -0.4 is 13.6 Å². The standard InChI is InChI=1S/C18H15O3P.C13H14.2CO.Fe/c1-4-10-16(11-5-1)19-22(20-17-12-6-2-7-13-17)21-18-14-8-3-9-15-18;1-2-5-9-12(8-4-1)13-10-6-3-7-11-13;2*1-2;/h1-15H;1-4,6-8,10-12H,5,9H2;;;/t;12-;;;/m.0.../s1. The maximum absolute atomic E-state index is 7.50. The van der Waals surface area contributed by atoms with Gasteiger partial charge in [-0.1, -0.05) is 109 Å². The van der Waals surface area contributed by atoms with E-state index in [1.807, 2.05) is 91.0 Å². The minimum absolute atomic E-state index is 0. The Morgan fingerprint density at radius 3 is 1.32 bits per heavy atom. The van der Waals surface area contributed by atoms with Crippen LogP contribution in [0.4, 0.5) is 0 Å². The van der Waals surface area contributed by atoms with Gasteiger partial charge in [0.2, 0.25) is 0 Å². The summed E-state index contributed by atoms with van der Waals surface area (Å²) in [6.07, 6.45) is 11.2. The molecule has 7 heteroatoms. The number of hydrogen-bond donors (Lipinski definition) is 0. The molecule has 4 aromatic rings. The van der Waals surface area contributed by atoms with Crippen LogP contribution in [0.2, 0.25) is 0 Å². The van der Waals surface area contributed by atoms with Crippen LogP contribution in [-0.4, -0.2) is 0 Å². The fraction of sp³-hybridized carbons (Fsp3) is 0.0909.